The highest BCUT2D eigenvalue weighted by Crippen LogP contribution is 2.33. The van der Waals surface area contributed by atoms with E-state index in [0.717, 1.165) is 10.4 Å². The number of aromatic nitrogens is 1. The molecule has 3 aromatic rings. The average molecular weight is 427 g/mol. The summed E-state index contributed by atoms with van der Waals surface area (Å²) in [5, 5.41) is 11.4. The summed E-state index contributed by atoms with van der Waals surface area (Å²) in [4.78, 5) is 31.9. The standard InChI is InChI=1S/C21H18N2O4S2/c1-3-27-20(26)17-12(2)22-21-23(18(17)15-5-4-10-28-15)19(25)16(29-21)11-13-6-8-14(24)9-7-13/h4-11,18,24H,3H2,1-2H3/t18-/m0/s1. The molecule has 1 atom stereocenters. The smallest absolute Gasteiger partial charge is 0.338 e. The summed E-state index contributed by atoms with van der Waals surface area (Å²) in [6.45, 7) is 3.77. The number of rotatable bonds is 4. The number of benzene rings is 1. The van der Waals surface area contributed by atoms with E-state index in [1.807, 2.05) is 17.5 Å². The van der Waals surface area contributed by atoms with Crippen molar-refractivity contribution in [3.05, 3.63) is 83.2 Å². The molecule has 4 rings (SSSR count). The van der Waals surface area contributed by atoms with Crippen molar-refractivity contribution in [2.24, 2.45) is 4.99 Å². The summed E-state index contributed by atoms with van der Waals surface area (Å²) in [7, 11) is 0. The van der Waals surface area contributed by atoms with Gasteiger partial charge >= 0.3 is 5.97 Å². The van der Waals surface area contributed by atoms with Crippen LogP contribution in [0.4, 0.5) is 0 Å². The number of carbonyl (C=O) groups is 1. The molecule has 0 amide bonds. The molecule has 6 nitrogen and oxygen atoms in total. The number of hydrogen-bond acceptors (Lipinski definition) is 7. The van der Waals surface area contributed by atoms with Gasteiger partial charge in [-0.25, -0.2) is 9.79 Å². The molecular formula is C21H18N2O4S2. The lowest BCUT2D eigenvalue weighted by Gasteiger charge is -2.23. The van der Waals surface area contributed by atoms with Crippen molar-refractivity contribution < 1.29 is 14.6 Å². The average Bonchev–Trinajstić information content (AvgIpc) is 3.32. The first kappa shape index (κ1) is 19.4. The number of allylic oxidation sites excluding steroid dienone is 1. The molecule has 3 heterocycles. The van der Waals surface area contributed by atoms with Gasteiger partial charge in [0.2, 0.25) is 0 Å². The second kappa shape index (κ2) is 7.81. The fraction of sp³-hybridized carbons (Fsp3) is 0.190. The molecule has 148 valence electrons. The molecule has 0 unspecified atom stereocenters. The first-order valence-electron chi connectivity index (χ1n) is 9.01. The second-order valence-corrected chi connectivity index (χ2v) is 8.40. The molecule has 0 bridgehead atoms. The van der Waals surface area contributed by atoms with Gasteiger partial charge in [-0.2, -0.15) is 0 Å². The minimum absolute atomic E-state index is 0.163. The number of nitrogens with zero attached hydrogens (tertiary/aromatic N) is 2. The highest BCUT2D eigenvalue weighted by atomic mass is 32.1. The van der Waals surface area contributed by atoms with Crippen molar-refractivity contribution >= 4 is 34.7 Å². The predicted octanol–water partition coefficient (Wildman–Crippen LogP) is 2.57. The third-order valence-electron chi connectivity index (χ3n) is 4.52. The van der Waals surface area contributed by atoms with Gasteiger partial charge in [0, 0.05) is 4.88 Å². The Hall–Kier alpha value is -2.97. The third kappa shape index (κ3) is 3.56. The minimum atomic E-state index is -0.563. The van der Waals surface area contributed by atoms with Crippen LogP contribution in [0, 0.1) is 0 Å². The molecule has 0 aliphatic carbocycles. The van der Waals surface area contributed by atoms with Crippen LogP contribution >= 0.6 is 22.7 Å². The lowest BCUT2D eigenvalue weighted by molar-refractivity contribution is -0.139. The van der Waals surface area contributed by atoms with Gasteiger partial charge in [-0.1, -0.05) is 29.5 Å². The van der Waals surface area contributed by atoms with Gasteiger partial charge < -0.3 is 9.84 Å². The monoisotopic (exact) mass is 426 g/mol. The maximum Gasteiger partial charge on any atom is 0.338 e. The van der Waals surface area contributed by atoms with E-state index in [-0.39, 0.29) is 17.9 Å². The van der Waals surface area contributed by atoms with E-state index in [0.29, 0.717) is 20.6 Å². The van der Waals surface area contributed by atoms with Crippen LogP contribution in [0.5, 0.6) is 5.75 Å². The van der Waals surface area contributed by atoms with Crippen LogP contribution in [0.3, 0.4) is 0 Å². The van der Waals surface area contributed by atoms with Crippen molar-refractivity contribution in [1.82, 2.24) is 4.57 Å². The molecule has 29 heavy (non-hydrogen) atoms. The third-order valence-corrected chi connectivity index (χ3v) is 6.43. The molecule has 1 aliphatic heterocycles. The molecule has 0 saturated carbocycles. The highest BCUT2D eigenvalue weighted by Gasteiger charge is 2.33. The predicted molar refractivity (Wildman–Crippen MR) is 113 cm³/mol. The molecule has 0 fully saturated rings. The van der Waals surface area contributed by atoms with Crippen molar-refractivity contribution in [1.29, 1.82) is 0 Å². The van der Waals surface area contributed by atoms with E-state index in [9.17, 15) is 14.7 Å². The number of phenolic OH excluding ortho intramolecular Hbond substituents is 1. The van der Waals surface area contributed by atoms with Crippen LogP contribution in [0.1, 0.15) is 30.3 Å². The van der Waals surface area contributed by atoms with Gasteiger partial charge in [0.05, 0.1) is 22.4 Å². The molecule has 0 saturated heterocycles. The van der Waals surface area contributed by atoms with Crippen molar-refractivity contribution in [3.63, 3.8) is 0 Å². The Bertz CT molecular complexity index is 1270. The number of ether oxygens (including phenoxy) is 1. The summed E-state index contributed by atoms with van der Waals surface area (Å²) in [6.07, 6.45) is 1.76. The van der Waals surface area contributed by atoms with E-state index in [1.165, 1.54) is 22.7 Å². The number of thiophene rings is 1. The lowest BCUT2D eigenvalue weighted by Crippen LogP contribution is -2.39. The molecule has 8 heteroatoms. The van der Waals surface area contributed by atoms with Gasteiger partial charge in [-0.15, -0.1) is 11.3 Å². The summed E-state index contributed by atoms with van der Waals surface area (Å²) in [5.41, 5.74) is 1.52. The van der Waals surface area contributed by atoms with Gasteiger partial charge in [0.15, 0.2) is 4.80 Å². The van der Waals surface area contributed by atoms with Crippen LogP contribution < -0.4 is 14.9 Å². The van der Waals surface area contributed by atoms with Crippen LogP contribution in [0.2, 0.25) is 0 Å². The van der Waals surface area contributed by atoms with Crippen LogP contribution in [-0.4, -0.2) is 22.2 Å². The number of phenols is 1. The number of fused-ring (bicyclic) bond motifs is 1. The van der Waals surface area contributed by atoms with Crippen LogP contribution in [-0.2, 0) is 9.53 Å². The maximum atomic E-state index is 13.3. The number of carbonyl (C=O) groups excluding carboxylic acids is 1. The fourth-order valence-corrected chi connectivity index (χ4v) is 5.10. The zero-order valence-electron chi connectivity index (χ0n) is 15.8. The molecule has 0 spiro atoms. The molecule has 1 aliphatic rings. The maximum absolute atomic E-state index is 13.3. The SMILES string of the molecule is CCOC(=O)C1=C(C)N=c2sc(=Cc3ccc(O)cc3)c(=O)n2[C@H]1c1cccs1. The Balaban J connectivity index is 1.93. The van der Waals surface area contributed by atoms with Gasteiger partial charge in [0.25, 0.3) is 5.56 Å². The van der Waals surface area contributed by atoms with E-state index >= 15 is 0 Å². The first-order valence-corrected chi connectivity index (χ1v) is 10.7. The molecule has 1 aromatic carbocycles. The van der Waals surface area contributed by atoms with Crippen molar-refractivity contribution in [2.75, 3.05) is 6.61 Å². The molecule has 1 N–H and O–H groups in total. The zero-order chi connectivity index (χ0) is 20.5. The van der Waals surface area contributed by atoms with Crippen molar-refractivity contribution in [2.45, 2.75) is 19.9 Å². The van der Waals surface area contributed by atoms with E-state index in [1.54, 1.807) is 48.8 Å². The molecule has 0 radical (unpaired) electrons. The summed E-state index contributed by atoms with van der Waals surface area (Å²) < 4.78 is 7.33. The summed E-state index contributed by atoms with van der Waals surface area (Å²) >= 11 is 2.76. The Morgan fingerprint density at radius 1 is 1.31 bits per heavy atom. The quantitative estimate of drug-likeness (QED) is 0.650. The van der Waals surface area contributed by atoms with Gasteiger partial charge in [-0.05, 0) is 49.1 Å². The Labute approximate surface area is 174 Å². The number of hydrogen-bond donors (Lipinski definition) is 1. The number of thiazole rings is 1. The van der Waals surface area contributed by atoms with E-state index in [4.69, 9.17) is 4.74 Å². The summed E-state index contributed by atoms with van der Waals surface area (Å²) in [5.74, 6) is -0.295. The van der Waals surface area contributed by atoms with Crippen LogP contribution in [0.15, 0.2) is 62.8 Å². The minimum Gasteiger partial charge on any atom is -0.508 e. The largest absolute Gasteiger partial charge is 0.508 e. The highest BCUT2D eigenvalue weighted by molar-refractivity contribution is 7.10. The first-order chi connectivity index (χ1) is 14.0. The van der Waals surface area contributed by atoms with Gasteiger partial charge in [-0.3, -0.25) is 9.36 Å². The topological polar surface area (TPSA) is 80.9 Å². The Morgan fingerprint density at radius 3 is 2.72 bits per heavy atom. The number of esters is 1. The van der Waals surface area contributed by atoms with Gasteiger partial charge in [0.1, 0.15) is 11.8 Å². The molecular weight excluding hydrogens is 408 g/mol. The zero-order valence-corrected chi connectivity index (χ0v) is 17.4. The Kier molecular flexibility index (Phi) is 5.21. The lowest BCUT2D eigenvalue weighted by atomic mass is 10.0. The summed E-state index contributed by atoms with van der Waals surface area (Å²) in [6, 6.07) is 9.85. The Morgan fingerprint density at radius 2 is 2.07 bits per heavy atom. The van der Waals surface area contributed by atoms with E-state index in [2.05, 4.69) is 4.99 Å². The van der Waals surface area contributed by atoms with E-state index < -0.39 is 12.0 Å². The molecule has 2 aromatic heterocycles. The normalized spacial score (nSPS) is 16.5. The fourth-order valence-electron chi connectivity index (χ4n) is 3.23. The number of aromatic hydroxyl groups is 1. The van der Waals surface area contributed by atoms with Crippen LogP contribution in [0.25, 0.3) is 6.08 Å². The van der Waals surface area contributed by atoms with Crippen molar-refractivity contribution in [3.8, 4) is 5.75 Å². The second-order valence-electron chi connectivity index (χ2n) is 6.41.